The summed E-state index contributed by atoms with van der Waals surface area (Å²) in [5, 5.41) is 0. The largest absolute Gasteiger partial charge is 0.336 e. The van der Waals surface area contributed by atoms with Crippen LogP contribution in [0, 0.1) is 0 Å². The second-order valence-electron chi connectivity index (χ2n) is 6.49. The Kier molecular flexibility index (Phi) is 6.08. The highest BCUT2D eigenvalue weighted by Crippen LogP contribution is 2.32. The van der Waals surface area contributed by atoms with Crippen LogP contribution in [0.15, 0.2) is 59.1 Å². The van der Waals surface area contributed by atoms with E-state index in [0.29, 0.717) is 12.3 Å². The molecule has 0 bridgehead atoms. The van der Waals surface area contributed by atoms with Crippen LogP contribution in [-0.2, 0) is 11.2 Å². The van der Waals surface area contributed by atoms with E-state index < -0.39 is 0 Å². The number of benzene rings is 2. The van der Waals surface area contributed by atoms with Crippen molar-refractivity contribution < 1.29 is 4.79 Å². The number of aryl methyl sites for hydroxylation is 1. The summed E-state index contributed by atoms with van der Waals surface area (Å²) in [6.07, 6.45) is 5.95. The van der Waals surface area contributed by atoms with Gasteiger partial charge in [0.1, 0.15) is 0 Å². The van der Waals surface area contributed by atoms with Crippen molar-refractivity contribution in [3.63, 3.8) is 0 Å². The van der Waals surface area contributed by atoms with Crippen LogP contribution in [0.5, 0.6) is 0 Å². The van der Waals surface area contributed by atoms with Gasteiger partial charge in [-0.1, -0.05) is 58.4 Å². The van der Waals surface area contributed by atoms with Crippen LogP contribution in [0.3, 0.4) is 0 Å². The van der Waals surface area contributed by atoms with Gasteiger partial charge in [0.15, 0.2) is 0 Å². The number of halogens is 1. The molecule has 2 aromatic rings. The van der Waals surface area contributed by atoms with Crippen molar-refractivity contribution in [2.24, 2.45) is 0 Å². The quantitative estimate of drug-likeness (QED) is 0.598. The van der Waals surface area contributed by atoms with E-state index in [1.807, 2.05) is 6.07 Å². The highest BCUT2D eigenvalue weighted by atomic mass is 79.9. The lowest BCUT2D eigenvalue weighted by Gasteiger charge is -2.25. The maximum atomic E-state index is 12.6. The van der Waals surface area contributed by atoms with Gasteiger partial charge in [0.05, 0.1) is 6.04 Å². The van der Waals surface area contributed by atoms with Gasteiger partial charge >= 0.3 is 0 Å². The van der Waals surface area contributed by atoms with Crippen LogP contribution < -0.4 is 0 Å². The molecule has 1 saturated heterocycles. The van der Waals surface area contributed by atoms with E-state index in [1.54, 1.807) is 0 Å². The summed E-state index contributed by atoms with van der Waals surface area (Å²) in [6, 6.07) is 19.2. The van der Waals surface area contributed by atoms with Crippen LogP contribution in [0.1, 0.15) is 49.3 Å². The van der Waals surface area contributed by atoms with Crippen molar-refractivity contribution in [3.05, 3.63) is 70.2 Å². The first-order chi connectivity index (χ1) is 11.7. The number of amides is 1. The monoisotopic (exact) mass is 385 g/mol. The van der Waals surface area contributed by atoms with Gasteiger partial charge < -0.3 is 4.90 Å². The molecule has 1 heterocycles. The van der Waals surface area contributed by atoms with Crippen LogP contribution in [-0.4, -0.2) is 17.4 Å². The summed E-state index contributed by atoms with van der Waals surface area (Å²) in [5.74, 6) is 0.317. The maximum Gasteiger partial charge on any atom is 0.223 e. The first-order valence-electron chi connectivity index (χ1n) is 8.83. The van der Waals surface area contributed by atoms with Gasteiger partial charge in [-0.3, -0.25) is 4.79 Å². The molecule has 0 radical (unpaired) electrons. The van der Waals surface area contributed by atoms with Crippen molar-refractivity contribution >= 4 is 21.8 Å². The summed E-state index contributed by atoms with van der Waals surface area (Å²) >= 11 is 3.46. The van der Waals surface area contributed by atoms with Gasteiger partial charge in [-0.05, 0) is 55.4 Å². The van der Waals surface area contributed by atoms with Crippen molar-refractivity contribution in [2.45, 2.75) is 44.6 Å². The summed E-state index contributed by atoms with van der Waals surface area (Å²) in [4.78, 5) is 14.7. The molecule has 0 aromatic heterocycles. The molecule has 2 aromatic carbocycles. The molecule has 1 aliphatic heterocycles. The van der Waals surface area contributed by atoms with Gasteiger partial charge in [-0.2, -0.15) is 0 Å². The van der Waals surface area contributed by atoms with Crippen molar-refractivity contribution in [2.75, 3.05) is 6.54 Å². The highest BCUT2D eigenvalue weighted by Gasteiger charge is 2.29. The molecule has 0 aliphatic carbocycles. The Labute approximate surface area is 153 Å². The van der Waals surface area contributed by atoms with Gasteiger partial charge in [0.25, 0.3) is 0 Å². The van der Waals surface area contributed by atoms with Gasteiger partial charge in [-0.15, -0.1) is 0 Å². The SMILES string of the molecule is O=C(CCCCc1ccc(Br)cc1)N1CCCC1c1ccccc1. The van der Waals surface area contributed by atoms with E-state index in [4.69, 9.17) is 0 Å². The third-order valence-electron chi connectivity index (χ3n) is 4.78. The zero-order chi connectivity index (χ0) is 16.8. The Bertz CT molecular complexity index is 653. The zero-order valence-electron chi connectivity index (χ0n) is 14.0. The van der Waals surface area contributed by atoms with Crippen molar-refractivity contribution in [1.29, 1.82) is 0 Å². The molecular formula is C21H24BrNO. The number of likely N-dealkylation sites (tertiary alicyclic amines) is 1. The Morgan fingerprint density at radius 3 is 2.54 bits per heavy atom. The number of nitrogens with zero attached hydrogens (tertiary/aromatic N) is 1. The number of hydrogen-bond donors (Lipinski definition) is 0. The molecule has 1 aliphatic rings. The molecule has 1 atom stereocenters. The predicted octanol–water partition coefficient (Wildman–Crippen LogP) is 5.53. The highest BCUT2D eigenvalue weighted by molar-refractivity contribution is 9.10. The van der Waals surface area contributed by atoms with E-state index >= 15 is 0 Å². The number of rotatable bonds is 6. The summed E-state index contributed by atoms with van der Waals surface area (Å²) in [7, 11) is 0. The van der Waals surface area contributed by atoms with E-state index in [-0.39, 0.29) is 6.04 Å². The molecule has 0 spiro atoms. The Hall–Kier alpha value is -1.61. The lowest BCUT2D eigenvalue weighted by atomic mass is 10.0. The van der Waals surface area contributed by atoms with Gasteiger partial charge in [0.2, 0.25) is 5.91 Å². The van der Waals surface area contributed by atoms with Crippen LogP contribution in [0.2, 0.25) is 0 Å². The normalized spacial score (nSPS) is 17.2. The van der Waals surface area contributed by atoms with E-state index in [0.717, 1.165) is 43.1 Å². The molecule has 0 saturated carbocycles. The molecule has 24 heavy (non-hydrogen) atoms. The molecular weight excluding hydrogens is 362 g/mol. The first kappa shape index (κ1) is 17.2. The summed E-state index contributed by atoms with van der Waals surface area (Å²) in [6.45, 7) is 0.908. The fraction of sp³-hybridized carbons (Fsp3) is 0.381. The van der Waals surface area contributed by atoms with Gasteiger partial charge in [0, 0.05) is 17.4 Å². The third-order valence-corrected chi connectivity index (χ3v) is 5.31. The topological polar surface area (TPSA) is 20.3 Å². The molecule has 1 unspecified atom stereocenters. The Balaban J connectivity index is 1.47. The Morgan fingerprint density at radius 2 is 1.79 bits per heavy atom. The fourth-order valence-electron chi connectivity index (χ4n) is 3.49. The third kappa shape index (κ3) is 4.47. The molecule has 1 fully saturated rings. The van der Waals surface area contributed by atoms with Crippen LogP contribution in [0.4, 0.5) is 0 Å². The van der Waals surface area contributed by atoms with E-state index in [2.05, 4.69) is 69.4 Å². The molecule has 3 rings (SSSR count). The minimum atomic E-state index is 0.283. The van der Waals surface area contributed by atoms with Gasteiger partial charge in [-0.25, -0.2) is 0 Å². The standard InChI is InChI=1S/C21H24BrNO/c22-19-14-12-17(13-15-19)7-4-5-11-21(24)23-16-6-10-20(23)18-8-2-1-3-9-18/h1-3,8-9,12-15,20H,4-7,10-11,16H2. The van der Waals surface area contributed by atoms with E-state index in [1.165, 1.54) is 11.1 Å². The Morgan fingerprint density at radius 1 is 1.04 bits per heavy atom. The zero-order valence-corrected chi connectivity index (χ0v) is 15.5. The average Bonchev–Trinajstić information content (AvgIpc) is 3.11. The first-order valence-corrected chi connectivity index (χ1v) is 9.62. The average molecular weight is 386 g/mol. The van der Waals surface area contributed by atoms with Crippen molar-refractivity contribution in [3.8, 4) is 0 Å². The second-order valence-corrected chi connectivity index (χ2v) is 7.41. The summed E-state index contributed by atoms with van der Waals surface area (Å²) in [5.41, 5.74) is 2.62. The minimum absolute atomic E-state index is 0.283. The summed E-state index contributed by atoms with van der Waals surface area (Å²) < 4.78 is 1.11. The lowest BCUT2D eigenvalue weighted by molar-refractivity contribution is -0.132. The minimum Gasteiger partial charge on any atom is -0.336 e. The number of unbranched alkanes of at least 4 members (excludes halogenated alkanes) is 1. The molecule has 0 N–H and O–H groups in total. The fourth-order valence-corrected chi connectivity index (χ4v) is 3.75. The van der Waals surface area contributed by atoms with Crippen molar-refractivity contribution in [1.82, 2.24) is 4.90 Å². The number of carbonyl (C=O) groups is 1. The lowest BCUT2D eigenvalue weighted by Crippen LogP contribution is -2.30. The number of carbonyl (C=O) groups excluding carboxylic acids is 1. The van der Waals surface area contributed by atoms with Crippen LogP contribution >= 0.6 is 15.9 Å². The molecule has 2 nitrogen and oxygen atoms in total. The number of hydrogen-bond acceptors (Lipinski definition) is 1. The van der Waals surface area contributed by atoms with Crippen LogP contribution in [0.25, 0.3) is 0 Å². The smallest absolute Gasteiger partial charge is 0.223 e. The predicted molar refractivity (Wildman–Crippen MR) is 102 cm³/mol. The van der Waals surface area contributed by atoms with E-state index in [9.17, 15) is 4.79 Å². The molecule has 3 heteroatoms. The maximum absolute atomic E-state index is 12.6. The second kappa shape index (κ2) is 8.48. The molecule has 1 amide bonds. The molecule has 126 valence electrons.